The maximum Gasteiger partial charge on any atom is 0.303 e. The molecule has 0 aromatic heterocycles. The molecular formula is C29H48O3. The molecule has 0 aliphatic heterocycles. The molecule has 0 heterocycles. The number of rotatable bonds is 7. The molecule has 32 heavy (non-hydrogen) atoms. The lowest BCUT2D eigenvalue weighted by Crippen LogP contribution is -2.50. The van der Waals surface area contributed by atoms with Gasteiger partial charge in [-0.3, -0.25) is 4.79 Å². The fraction of sp³-hybridized carbons (Fsp3) is 0.897. The standard InChI is InChI=1S/C29H48O3/c1-19(7-6-14-27(2,3)32)23-10-11-24-22-9-8-21-17-20(18-26(30)31)12-15-28(21,4)25(22)13-16-29(23,24)5/h8,19-20,22-25,32H,6-7,9-18H2,1-5H3,(H,30,31)/t19-,20+,22+,23-,24+,25+,28+,29-/m1/s1. The Labute approximate surface area is 196 Å². The summed E-state index contributed by atoms with van der Waals surface area (Å²) in [6.07, 6.45) is 16.3. The van der Waals surface area contributed by atoms with E-state index in [-0.39, 0.29) is 0 Å². The van der Waals surface area contributed by atoms with Crippen LogP contribution >= 0.6 is 0 Å². The molecule has 4 rings (SSSR count). The van der Waals surface area contributed by atoms with Crippen LogP contribution in [0.25, 0.3) is 0 Å². The Bertz CT molecular complexity index is 733. The van der Waals surface area contributed by atoms with E-state index in [4.69, 9.17) is 0 Å². The number of hydrogen-bond donors (Lipinski definition) is 2. The molecule has 0 unspecified atom stereocenters. The van der Waals surface area contributed by atoms with Crippen molar-refractivity contribution in [2.75, 3.05) is 0 Å². The maximum atomic E-state index is 11.3. The van der Waals surface area contributed by atoms with Crippen LogP contribution in [0, 0.1) is 46.3 Å². The molecule has 3 nitrogen and oxygen atoms in total. The number of allylic oxidation sites excluding steroid dienone is 2. The lowest BCUT2D eigenvalue weighted by Gasteiger charge is -2.58. The van der Waals surface area contributed by atoms with Gasteiger partial charge in [-0.2, -0.15) is 0 Å². The van der Waals surface area contributed by atoms with Crippen molar-refractivity contribution < 1.29 is 15.0 Å². The summed E-state index contributed by atoms with van der Waals surface area (Å²) >= 11 is 0. The van der Waals surface area contributed by atoms with Gasteiger partial charge in [-0.25, -0.2) is 0 Å². The minimum atomic E-state index is -0.630. The summed E-state index contributed by atoms with van der Waals surface area (Å²) in [6, 6.07) is 0. The van der Waals surface area contributed by atoms with E-state index >= 15 is 0 Å². The van der Waals surface area contributed by atoms with Crippen LogP contribution in [0.4, 0.5) is 0 Å². The number of aliphatic hydroxyl groups is 1. The third-order valence-electron chi connectivity index (χ3n) is 10.9. The molecule has 0 saturated heterocycles. The molecule has 4 aliphatic rings. The summed E-state index contributed by atoms with van der Waals surface area (Å²) in [5.74, 6) is 3.78. The van der Waals surface area contributed by atoms with Crippen molar-refractivity contribution in [3.05, 3.63) is 11.6 Å². The van der Waals surface area contributed by atoms with Crippen LogP contribution in [-0.2, 0) is 4.79 Å². The first-order valence-electron chi connectivity index (χ1n) is 13.6. The normalized spacial score (nSPS) is 42.4. The first-order valence-corrected chi connectivity index (χ1v) is 13.6. The molecule has 3 heteroatoms. The Morgan fingerprint density at radius 1 is 1.16 bits per heavy atom. The predicted molar refractivity (Wildman–Crippen MR) is 130 cm³/mol. The maximum absolute atomic E-state index is 11.3. The molecule has 4 aliphatic carbocycles. The molecule has 0 aromatic carbocycles. The van der Waals surface area contributed by atoms with Gasteiger partial charge in [0.2, 0.25) is 0 Å². The second-order valence-electron chi connectivity index (χ2n) is 13.4. The molecule has 0 amide bonds. The first kappa shape index (κ1) is 24.3. The molecule has 0 spiro atoms. The fourth-order valence-corrected chi connectivity index (χ4v) is 9.19. The molecule has 0 bridgehead atoms. The van der Waals surface area contributed by atoms with Gasteiger partial charge in [0.15, 0.2) is 0 Å². The largest absolute Gasteiger partial charge is 0.481 e. The predicted octanol–water partition coefficient (Wildman–Crippen LogP) is 7.23. The van der Waals surface area contributed by atoms with Crippen LogP contribution in [0.5, 0.6) is 0 Å². The summed E-state index contributed by atoms with van der Waals surface area (Å²) in [5, 5.41) is 19.4. The molecule has 0 aromatic rings. The van der Waals surface area contributed by atoms with E-state index < -0.39 is 11.6 Å². The lowest BCUT2D eigenvalue weighted by molar-refractivity contribution is -0.138. The molecular weight excluding hydrogens is 396 g/mol. The van der Waals surface area contributed by atoms with E-state index in [1.165, 1.54) is 44.9 Å². The van der Waals surface area contributed by atoms with Crippen molar-refractivity contribution in [2.24, 2.45) is 46.3 Å². The summed E-state index contributed by atoms with van der Waals surface area (Å²) in [4.78, 5) is 11.3. The van der Waals surface area contributed by atoms with Gasteiger partial charge in [-0.1, -0.05) is 45.3 Å². The van der Waals surface area contributed by atoms with E-state index in [0.29, 0.717) is 23.2 Å². The highest BCUT2D eigenvalue weighted by atomic mass is 16.4. The second kappa shape index (κ2) is 8.75. The molecule has 3 saturated carbocycles. The van der Waals surface area contributed by atoms with Gasteiger partial charge >= 0.3 is 5.97 Å². The van der Waals surface area contributed by atoms with Gasteiger partial charge in [0.05, 0.1) is 5.60 Å². The third kappa shape index (κ3) is 4.44. The highest BCUT2D eigenvalue weighted by molar-refractivity contribution is 5.67. The summed E-state index contributed by atoms with van der Waals surface area (Å²) in [7, 11) is 0. The summed E-state index contributed by atoms with van der Waals surface area (Å²) in [6.45, 7) is 11.5. The van der Waals surface area contributed by atoms with E-state index in [1.807, 2.05) is 13.8 Å². The van der Waals surface area contributed by atoms with Gasteiger partial charge in [0.25, 0.3) is 0 Å². The molecule has 8 atom stereocenters. The number of aliphatic carboxylic acids is 1. The number of carbonyl (C=O) groups is 1. The summed E-state index contributed by atoms with van der Waals surface area (Å²) < 4.78 is 0. The van der Waals surface area contributed by atoms with Gasteiger partial charge < -0.3 is 10.2 Å². The smallest absolute Gasteiger partial charge is 0.303 e. The zero-order valence-electron chi connectivity index (χ0n) is 21.3. The van der Waals surface area contributed by atoms with Crippen molar-refractivity contribution in [2.45, 2.75) is 117 Å². The quantitative estimate of drug-likeness (QED) is 0.407. The number of fused-ring (bicyclic) bond motifs is 5. The van der Waals surface area contributed by atoms with E-state index in [0.717, 1.165) is 55.3 Å². The lowest BCUT2D eigenvalue weighted by atomic mass is 9.46. The van der Waals surface area contributed by atoms with Crippen molar-refractivity contribution in [3.63, 3.8) is 0 Å². The average Bonchev–Trinajstić information content (AvgIpc) is 3.04. The Morgan fingerprint density at radius 2 is 1.91 bits per heavy atom. The van der Waals surface area contributed by atoms with E-state index in [2.05, 4.69) is 26.8 Å². The van der Waals surface area contributed by atoms with E-state index in [9.17, 15) is 15.0 Å². The van der Waals surface area contributed by atoms with Crippen molar-refractivity contribution >= 4 is 5.97 Å². The van der Waals surface area contributed by atoms with Crippen LogP contribution in [0.15, 0.2) is 11.6 Å². The van der Waals surface area contributed by atoms with Crippen LogP contribution in [0.2, 0.25) is 0 Å². The molecule has 2 N–H and O–H groups in total. The zero-order chi connectivity index (χ0) is 23.3. The highest BCUT2D eigenvalue weighted by Gasteiger charge is 2.59. The zero-order valence-corrected chi connectivity index (χ0v) is 21.3. The van der Waals surface area contributed by atoms with Crippen molar-refractivity contribution in [1.29, 1.82) is 0 Å². The van der Waals surface area contributed by atoms with Crippen LogP contribution in [0.1, 0.15) is 112 Å². The monoisotopic (exact) mass is 444 g/mol. The van der Waals surface area contributed by atoms with Crippen molar-refractivity contribution in [1.82, 2.24) is 0 Å². The molecule has 0 radical (unpaired) electrons. The highest BCUT2D eigenvalue weighted by Crippen LogP contribution is 2.67. The van der Waals surface area contributed by atoms with Crippen molar-refractivity contribution in [3.8, 4) is 0 Å². The SMILES string of the molecule is C[C@H](CCCC(C)(C)O)[C@H]1CC[C@H]2[C@@H]3CC=C4C[C@@H](CC(=O)O)CC[C@]4(C)[C@H]3CC[C@]12C. The minimum Gasteiger partial charge on any atom is -0.481 e. The van der Waals surface area contributed by atoms with Crippen LogP contribution in [0.3, 0.4) is 0 Å². The summed E-state index contributed by atoms with van der Waals surface area (Å²) in [5.41, 5.74) is 1.87. The van der Waals surface area contributed by atoms with Gasteiger partial charge in [0.1, 0.15) is 0 Å². The Morgan fingerprint density at radius 3 is 2.59 bits per heavy atom. The van der Waals surface area contributed by atoms with Gasteiger partial charge in [-0.05, 0) is 118 Å². The van der Waals surface area contributed by atoms with Crippen LogP contribution < -0.4 is 0 Å². The second-order valence-corrected chi connectivity index (χ2v) is 13.4. The van der Waals surface area contributed by atoms with Gasteiger partial charge in [-0.15, -0.1) is 0 Å². The molecule has 182 valence electrons. The Kier molecular flexibility index (Phi) is 6.64. The first-order chi connectivity index (χ1) is 14.9. The van der Waals surface area contributed by atoms with Gasteiger partial charge in [0, 0.05) is 6.42 Å². The third-order valence-corrected chi connectivity index (χ3v) is 10.9. The molecule has 3 fully saturated rings. The fourth-order valence-electron chi connectivity index (χ4n) is 9.19. The minimum absolute atomic E-state index is 0.315. The Balaban J connectivity index is 1.45. The van der Waals surface area contributed by atoms with E-state index in [1.54, 1.807) is 5.57 Å². The Hall–Kier alpha value is -0.830. The van der Waals surface area contributed by atoms with Crippen LogP contribution in [-0.4, -0.2) is 21.8 Å². The topological polar surface area (TPSA) is 57.5 Å². The number of carboxylic acids is 1. The average molecular weight is 445 g/mol. The number of hydrogen-bond acceptors (Lipinski definition) is 2. The number of carboxylic acid groups (broad SMARTS) is 1.